The van der Waals surface area contributed by atoms with Gasteiger partial charge in [0.25, 0.3) is 0 Å². The molecule has 0 saturated heterocycles. The third kappa shape index (κ3) is 6.10. The Morgan fingerprint density at radius 1 is 0.913 bits per heavy atom. The molecule has 1 heterocycles. The molecule has 0 bridgehead atoms. The van der Waals surface area contributed by atoms with Crippen LogP contribution in [-0.4, -0.2) is 21.5 Å². The van der Waals surface area contributed by atoms with Crippen molar-refractivity contribution >= 4 is 23.5 Å². The molecule has 2 rings (SSSR count). The third-order valence-corrected chi connectivity index (χ3v) is 3.52. The van der Waals surface area contributed by atoms with E-state index in [2.05, 4.69) is 32.5 Å². The molecule has 6 nitrogen and oxygen atoms in total. The van der Waals surface area contributed by atoms with Gasteiger partial charge in [0.2, 0.25) is 17.8 Å². The van der Waals surface area contributed by atoms with Crippen LogP contribution in [0.4, 0.5) is 23.5 Å². The number of hydrogen-bond donors (Lipinski definition) is 3. The molecule has 1 aromatic carbocycles. The van der Waals surface area contributed by atoms with Crippen molar-refractivity contribution < 1.29 is 0 Å². The molecule has 0 unspecified atom stereocenters. The highest BCUT2D eigenvalue weighted by atomic mass is 15.2. The predicted molar refractivity (Wildman–Crippen MR) is 95.9 cm³/mol. The molecule has 0 spiro atoms. The van der Waals surface area contributed by atoms with E-state index in [1.165, 1.54) is 31.2 Å². The number of benzene rings is 1. The first kappa shape index (κ1) is 17.0. The van der Waals surface area contributed by atoms with Crippen LogP contribution < -0.4 is 16.4 Å². The van der Waals surface area contributed by atoms with Crippen molar-refractivity contribution in [2.45, 2.75) is 46.0 Å². The number of hydrogen-bond acceptors (Lipinski definition) is 6. The van der Waals surface area contributed by atoms with Crippen molar-refractivity contribution in [3.8, 4) is 0 Å². The molecule has 0 aliphatic heterocycles. The number of nitrogens with two attached hydrogens (primary N) is 1. The number of unbranched alkanes of at least 4 members (excludes halogenated alkanes) is 4. The van der Waals surface area contributed by atoms with Crippen LogP contribution in [0, 0.1) is 6.92 Å². The molecule has 0 aliphatic carbocycles. The molecule has 124 valence electrons. The van der Waals surface area contributed by atoms with Crippen molar-refractivity contribution in [1.82, 2.24) is 15.0 Å². The Balaban J connectivity index is 1.89. The van der Waals surface area contributed by atoms with Gasteiger partial charge in [0.15, 0.2) is 0 Å². The van der Waals surface area contributed by atoms with E-state index in [-0.39, 0.29) is 5.95 Å². The molecule has 0 amide bonds. The molecule has 4 N–H and O–H groups in total. The number of aromatic nitrogens is 3. The Labute approximate surface area is 138 Å². The Morgan fingerprint density at radius 2 is 1.61 bits per heavy atom. The van der Waals surface area contributed by atoms with Crippen LogP contribution in [0.5, 0.6) is 0 Å². The van der Waals surface area contributed by atoms with Gasteiger partial charge in [-0.2, -0.15) is 15.0 Å². The average Bonchev–Trinajstić information content (AvgIpc) is 2.52. The van der Waals surface area contributed by atoms with E-state index < -0.39 is 0 Å². The molecule has 0 radical (unpaired) electrons. The van der Waals surface area contributed by atoms with E-state index in [1.807, 2.05) is 31.2 Å². The van der Waals surface area contributed by atoms with E-state index in [1.54, 1.807) is 0 Å². The summed E-state index contributed by atoms with van der Waals surface area (Å²) in [7, 11) is 0. The molecule has 0 atom stereocenters. The fourth-order valence-corrected chi connectivity index (χ4v) is 2.22. The summed E-state index contributed by atoms with van der Waals surface area (Å²) in [5, 5.41) is 6.36. The number of rotatable bonds is 9. The average molecular weight is 314 g/mol. The van der Waals surface area contributed by atoms with Gasteiger partial charge in [0.1, 0.15) is 0 Å². The minimum absolute atomic E-state index is 0.211. The first-order valence-corrected chi connectivity index (χ1v) is 8.26. The SMILES string of the molecule is CCCCCCCNc1nc(N)nc(Nc2ccc(C)cc2)n1. The van der Waals surface area contributed by atoms with Gasteiger partial charge < -0.3 is 16.4 Å². The molecule has 6 heteroatoms. The van der Waals surface area contributed by atoms with E-state index >= 15 is 0 Å². The normalized spacial score (nSPS) is 10.5. The topological polar surface area (TPSA) is 88.8 Å². The molecular weight excluding hydrogens is 288 g/mol. The summed E-state index contributed by atoms with van der Waals surface area (Å²) < 4.78 is 0. The van der Waals surface area contributed by atoms with Crippen LogP contribution in [0.15, 0.2) is 24.3 Å². The zero-order valence-corrected chi connectivity index (χ0v) is 14.0. The van der Waals surface area contributed by atoms with Crippen molar-refractivity contribution in [3.63, 3.8) is 0 Å². The van der Waals surface area contributed by atoms with E-state index in [0.717, 1.165) is 18.7 Å². The number of anilines is 4. The lowest BCUT2D eigenvalue weighted by molar-refractivity contribution is 0.644. The van der Waals surface area contributed by atoms with Crippen LogP contribution in [0.1, 0.15) is 44.6 Å². The molecular formula is C17H26N6. The standard InChI is InChI=1S/C17H26N6/c1-3-4-5-6-7-12-19-16-21-15(18)22-17(23-16)20-14-10-8-13(2)9-11-14/h8-11H,3-7,12H2,1-2H3,(H4,18,19,20,21,22,23). The second-order valence-electron chi connectivity index (χ2n) is 5.67. The second-order valence-corrected chi connectivity index (χ2v) is 5.67. The molecule has 2 aromatic rings. The maximum absolute atomic E-state index is 5.76. The number of nitrogens with zero attached hydrogens (tertiary/aromatic N) is 3. The Hall–Kier alpha value is -2.37. The van der Waals surface area contributed by atoms with Crippen LogP contribution in [0.25, 0.3) is 0 Å². The van der Waals surface area contributed by atoms with E-state index in [0.29, 0.717) is 11.9 Å². The molecule has 0 fully saturated rings. The predicted octanol–water partition coefficient (Wildman–Crippen LogP) is 3.89. The lowest BCUT2D eigenvalue weighted by atomic mass is 10.1. The maximum atomic E-state index is 5.76. The minimum atomic E-state index is 0.211. The summed E-state index contributed by atoms with van der Waals surface area (Å²) >= 11 is 0. The lowest BCUT2D eigenvalue weighted by Crippen LogP contribution is -2.10. The molecule has 0 aliphatic rings. The van der Waals surface area contributed by atoms with E-state index in [4.69, 9.17) is 5.73 Å². The second kappa shape index (κ2) is 8.92. The van der Waals surface area contributed by atoms with Gasteiger partial charge in [-0.15, -0.1) is 0 Å². The highest BCUT2D eigenvalue weighted by Gasteiger charge is 2.04. The Morgan fingerprint density at radius 3 is 2.35 bits per heavy atom. The van der Waals surface area contributed by atoms with Gasteiger partial charge in [-0.3, -0.25) is 0 Å². The van der Waals surface area contributed by atoms with Gasteiger partial charge >= 0.3 is 0 Å². The number of aryl methyl sites for hydroxylation is 1. The fourth-order valence-electron chi connectivity index (χ4n) is 2.22. The van der Waals surface area contributed by atoms with Crippen molar-refractivity contribution in [1.29, 1.82) is 0 Å². The van der Waals surface area contributed by atoms with Gasteiger partial charge in [-0.1, -0.05) is 50.3 Å². The summed E-state index contributed by atoms with van der Waals surface area (Å²) in [6, 6.07) is 8.02. The van der Waals surface area contributed by atoms with E-state index in [9.17, 15) is 0 Å². The first-order valence-electron chi connectivity index (χ1n) is 8.26. The Bertz CT molecular complexity index is 597. The van der Waals surface area contributed by atoms with Gasteiger partial charge in [-0.25, -0.2) is 0 Å². The maximum Gasteiger partial charge on any atom is 0.233 e. The number of nitrogen functional groups attached to an aromatic ring is 1. The summed E-state index contributed by atoms with van der Waals surface area (Å²) in [4.78, 5) is 12.6. The van der Waals surface area contributed by atoms with Crippen LogP contribution >= 0.6 is 0 Å². The van der Waals surface area contributed by atoms with Crippen LogP contribution in [0.2, 0.25) is 0 Å². The van der Waals surface area contributed by atoms with Crippen LogP contribution in [0.3, 0.4) is 0 Å². The molecule has 23 heavy (non-hydrogen) atoms. The van der Waals surface area contributed by atoms with Gasteiger partial charge in [-0.05, 0) is 25.5 Å². The van der Waals surface area contributed by atoms with Crippen LogP contribution in [-0.2, 0) is 0 Å². The Kier molecular flexibility index (Phi) is 6.59. The van der Waals surface area contributed by atoms with Crippen molar-refractivity contribution in [3.05, 3.63) is 29.8 Å². The monoisotopic (exact) mass is 314 g/mol. The van der Waals surface area contributed by atoms with Gasteiger partial charge in [0.05, 0.1) is 0 Å². The minimum Gasteiger partial charge on any atom is -0.368 e. The first-order chi connectivity index (χ1) is 11.2. The lowest BCUT2D eigenvalue weighted by Gasteiger charge is -2.09. The van der Waals surface area contributed by atoms with Crippen molar-refractivity contribution in [2.75, 3.05) is 22.9 Å². The third-order valence-electron chi connectivity index (χ3n) is 3.52. The summed E-state index contributed by atoms with van der Waals surface area (Å²) in [6.07, 6.45) is 6.15. The van der Waals surface area contributed by atoms with Gasteiger partial charge in [0, 0.05) is 12.2 Å². The highest BCUT2D eigenvalue weighted by Crippen LogP contribution is 2.15. The molecule has 1 aromatic heterocycles. The smallest absolute Gasteiger partial charge is 0.233 e. The largest absolute Gasteiger partial charge is 0.368 e. The molecule has 0 saturated carbocycles. The summed E-state index contributed by atoms with van der Waals surface area (Å²) in [5.74, 6) is 1.18. The van der Waals surface area contributed by atoms with Crippen molar-refractivity contribution in [2.24, 2.45) is 0 Å². The zero-order chi connectivity index (χ0) is 16.5. The fraction of sp³-hybridized carbons (Fsp3) is 0.471. The summed E-state index contributed by atoms with van der Waals surface area (Å²) in [5.41, 5.74) is 7.89. The summed E-state index contributed by atoms with van der Waals surface area (Å²) in [6.45, 7) is 5.11. The quantitative estimate of drug-likeness (QED) is 0.609. The zero-order valence-electron chi connectivity index (χ0n) is 14.0. The number of nitrogens with one attached hydrogen (secondary N) is 2. The highest BCUT2D eigenvalue weighted by molar-refractivity contribution is 5.55.